The van der Waals surface area contributed by atoms with E-state index in [9.17, 15) is 0 Å². The minimum Gasteiger partial charge on any atom is -0.467 e. The summed E-state index contributed by atoms with van der Waals surface area (Å²) in [6.45, 7) is 2.54. The van der Waals surface area contributed by atoms with Crippen molar-refractivity contribution in [1.82, 2.24) is 15.0 Å². The monoisotopic (exact) mass is 271 g/mol. The van der Waals surface area contributed by atoms with Gasteiger partial charge in [-0.25, -0.2) is 0 Å². The summed E-state index contributed by atoms with van der Waals surface area (Å²) in [7, 11) is 4.80. The van der Waals surface area contributed by atoms with Crippen LogP contribution in [0.15, 0.2) is 0 Å². The molecule has 2 N–H and O–H groups in total. The summed E-state index contributed by atoms with van der Waals surface area (Å²) < 4.78 is 9.96. The van der Waals surface area contributed by atoms with Crippen molar-refractivity contribution in [2.75, 3.05) is 32.7 Å². The van der Waals surface area contributed by atoms with E-state index in [0.717, 1.165) is 0 Å². The first-order chi connectivity index (χ1) is 8.47. The Hall–Kier alpha value is -1.70. The lowest BCUT2D eigenvalue weighted by molar-refractivity contribution is 0.340. The first-order valence-electron chi connectivity index (χ1n) is 5.32. The summed E-state index contributed by atoms with van der Waals surface area (Å²) in [4.78, 5) is 14.5. The van der Waals surface area contributed by atoms with E-state index in [-0.39, 0.29) is 17.9 Å². The highest BCUT2D eigenvalue weighted by atomic mass is 32.1. The van der Waals surface area contributed by atoms with Gasteiger partial charge in [0, 0.05) is 19.5 Å². The molecule has 0 aromatic carbocycles. The van der Waals surface area contributed by atoms with Crippen molar-refractivity contribution in [2.24, 2.45) is 11.7 Å². The summed E-state index contributed by atoms with van der Waals surface area (Å²) in [6, 6.07) is 0.401. The van der Waals surface area contributed by atoms with Gasteiger partial charge in [-0.05, 0) is 0 Å². The first kappa shape index (κ1) is 14.4. The molecular formula is C10H17N5O2S. The Labute approximate surface area is 111 Å². The van der Waals surface area contributed by atoms with E-state index in [4.69, 9.17) is 27.4 Å². The van der Waals surface area contributed by atoms with Crippen molar-refractivity contribution in [3.8, 4) is 12.0 Å². The molecule has 1 aromatic rings. The van der Waals surface area contributed by atoms with Crippen LogP contribution in [0, 0.1) is 5.92 Å². The molecule has 0 aliphatic carbocycles. The molecule has 1 aromatic heterocycles. The van der Waals surface area contributed by atoms with Gasteiger partial charge in [0.05, 0.1) is 19.2 Å². The largest absolute Gasteiger partial charge is 0.467 e. The summed E-state index contributed by atoms with van der Waals surface area (Å²) in [6.07, 6.45) is 0. The van der Waals surface area contributed by atoms with Crippen LogP contribution in [-0.4, -0.2) is 47.8 Å². The molecule has 0 aliphatic rings. The maximum Gasteiger partial charge on any atom is 0.324 e. The minimum absolute atomic E-state index is 0.0544. The van der Waals surface area contributed by atoms with Gasteiger partial charge in [-0.2, -0.15) is 9.97 Å². The Bertz CT molecular complexity index is 406. The predicted molar refractivity (Wildman–Crippen MR) is 72.2 cm³/mol. The van der Waals surface area contributed by atoms with Crippen LogP contribution in [0.2, 0.25) is 0 Å². The molecule has 0 bridgehead atoms. The number of aromatic nitrogens is 3. The molecule has 8 heteroatoms. The molecule has 0 aliphatic heterocycles. The quantitative estimate of drug-likeness (QED) is 0.737. The molecule has 1 unspecified atom stereocenters. The maximum absolute atomic E-state index is 5.58. The zero-order chi connectivity index (χ0) is 13.7. The van der Waals surface area contributed by atoms with Gasteiger partial charge in [0.15, 0.2) is 0 Å². The van der Waals surface area contributed by atoms with Crippen LogP contribution in [0.4, 0.5) is 5.95 Å². The fourth-order valence-corrected chi connectivity index (χ4v) is 1.34. The van der Waals surface area contributed by atoms with E-state index in [1.807, 2.05) is 18.9 Å². The Morgan fingerprint density at radius 1 is 1.28 bits per heavy atom. The second-order valence-electron chi connectivity index (χ2n) is 3.79. The predicted octanol–water partition coefficient (Wildman–Crippen LogP) is 0.247. The highest BCUT2D eigenvalue weighted by Gasteiger charge is 2.14. The summed E-state index contributed by atoms with van der Waals surface area (Å²) in [5, 5.41) is 0. The Kier molecular flexibility index (Phi) is 5.02. The molecular weight excluding hydrogens is 254 g/mol. The molecule has 100 valence electrons. The van der Waals surface area contributed by atoms with Crippen LogP contribution in [0.1, 0.15) is 6.92 Å². The Morgan fingerprint density at radius 2 is 1.78 bits per heavy atom. The van der Waals surface area contributed by atoms with Gasteiger partial charge in [-0.3, -0.25) is 0 Å². The van der Waals surface area contributed by atoms with Crippen molar-refractivity contribution >= 4 is 23.2 Å². The SMILES string of the molecule is COc1nc(OC)nc(N(C)CC(C)C(N)=S)n1. The number of hydrogen-bond acceptors (Lipinski definition) is 7. The van der Waals surface area contributed by atoms with E-state index in [1.165, 1.54) is 14.2 Å². The number of methoxy groups -OCH3 is 2. The average Bonchev–Trinajstić information content (AvgIpc) is 2.37. The highest BCUT2D eigenvalue weighted by Crippen LogP contribution is 2.15. The van der Waals surface area contributed by atoms with Crippen LogP contribution in [0.5, 0.6) is 12.0 Å². The summed E-state index contributed by atoms with van der Waals surface area (Å²) in [5.74, 6) is 0.501. The summed E-state index contributed by atoms with van der Waals surface area (Å²) >= 11 is 4.93. The fourth-order valence-electron chi connectivity index (χ4n) is 1.26. The van der Waals surface area contributed by atoms with E-state index >= 15 is 0 Å². The van der Waals surface area contributed by atoms with Crippen molar-refractivity contribution < 1.29 is 9.47 Å². The van der Waals surface area contributed by atoms with Crippen molar-refractivity contribution in [2.45, 2.75) is 6.92 Å². The van der Waals surface area contributed by atoms with Gasteiger partial charge in [0.2, 0.25) is 5.95 Å². The van der Waals surface area contributed by atoms with Gasteiger partial charge in [-0.1, -0.05) is 19.1 Å². The van der Waals surface area contributed by atoms with Gasteiger partial charge in [0.25, 0.3) is 0 Å². The minimum atomic E-state index is 0.0544. The van der Waals surface area contributed by atoms with E-state index in [0.29, 0.717) is 17.5 Å². The fraction of sp³-hybridized carbons (Fsp3) is 0.600. The molecule has 0 saturated carbocycles. The van der Waals surface area contributed by atoms with Crippen LogP contribution in [0.25, 0.3) is 0 Å². The molecule has 0 radical (unpaired) electrons. The molecule has 7 nitrogen and oxygen atoms in total. The molecule has 0 spiro atoms. The molecule has 1 heterocycles. The Morgan fingerprint density at radius 3 is 2.17 bits per heavy atom. The highest BCUT2D eigenvalue weighted by molar-refractivity contribution is 7.80. The maximum atomic E-state index is 5.58. The second-order valence-corrected chi connectivity index (χ2v) is 4.26. The lowest BCUT2D eigenvalue weighted by Crippen LogP contribution is -2.32. The Balaban J connectivity index is 2.90. The molecule has 0 fully saturated rings. The lowest BCUT2D eigenvalue weighted by Gasteiger charge is -2.21. The summed E-state index contributed by atoms with van der Waals surface area (Å²) in [5.41, 5.74) is 5.58. The number of hydrogen-bond donors (Lipinski definition) is 1. The lowest BCUT2D eigenvalue weighted by atomic mass is 10.2. The molecule has 18 heavy (non-hydrogen) atoms. The van der Waals surface area contributed by atoms with Gasteiger partial charge in [0.1, 0.15) is 0 Å². The number of nitrogens with two attached hydrogens (primary N) is 1. The van der Waals surface area contributed by atoms with Crippen LogP contribution >= 0.6 is 12.2 Å². The standard InChI is InChI=1S/C10H17N5O2S/c1-6(7(11)18)5-15(2)8-12-9(16-3)14-10(13-8)17-4/h6H,5H2,1-4H3,(H2,11,18). The zero-order valence-electron chi connectivity index (χ0n) is 10.9. The topological polar surface area (TPSA) is 86.4 Å². The van der Waals surface area contributed by atoms with E-state index < -0.39 is 0 Å². The molecule has 0 saturated heterocycles. The van der Waals surface area contributed by atoms with Gasteiger partial charge >= 0.3 is 12.0 Å². The number of ether oxygens (including phenoxy) is 2. The third-order valence-electron chi connectivity index (χ3n) is 2.32. The van der Waals surface area contributed by atoms with Gasteiger partial charge in [-0.15, -0.1) is 4.98 Å². The van der Waals surface area contributed by atoms with Crippen LogP contribution in [-0.2, 0) is 0 Å². The second kappa shape index (κ2) is 6.29. The molecule has 1 rings (SSSR count). The van der Waals surface area contributed by atoms with Crippen molar-refractivity contribution in [3.63, 3.8) is 0 Å². The van der Waals surface area contributed by atoms with Crippen molar-refractivity contribution in [3.05, 3.63) is 0 Å². The zero-order valence-corrected chi connectivity index (χ0v) is 11.7. The van der Waals surface area contributed by atoms with E-state index in [1.54, 1.807) is 0 Å². The number of thiocarbonyl (C=S) groups is 1. The van der Waals surface area contributed by atoms with Gasteiger partial charge < -0.3 is 20.1 Å². The van der Waals surface area contributed by atoms with Crippen molar-refractivity contribution in [1.29, 1.82) is 0 Å². The number of rotatable bonds is 6. The van der Waals surface area contributed by atoms with Crippen LogP contribution < -0.4 is 20.1 Å². The van der Waals surface area contributed by atoms with Crippen LogP contribution in [0.3, 0.4) is 0 Å². The number of anilines is 1. The normalized spacial score (nSPS) is 11.8. The third-order valence-corrected chi connectivity index (χ3v) is 2.72. The number of nitrogens with zero attached hydrogens (tertiary/aromatic N) is 4. The molecule has 0 amide bonds. The van der Waals surface area contributed by atoms with E-state index in [2.05, 4.69) is 15.0 Å². The first-order valence-corrected chi connectivity index (χ1v) is 5.73. The average molecular weight is 271 g/mol. The smallest absolute Gasteiger partial charge is 0.324 e. The third kappa shape index (κ3) is 3.66. The molecule has 1 atom stereocenters.